The average Bonchev–Trinajstić information content (AvgIpc) is 2.17. The molecule has 20 heavy (non-hydrogen) atoms. The SMILES string of the molecule is Cc1c(I)cc(C(=O)OC(C)(C)C)cc1[B-](F)(F)F.[K+]. The Morgan fingerprint density at radius 1 is 1.25 bits per heavy atom. The number of ether oxygens (including phenoxy) is 1. The third-order valence-electron chi connectivity index (χ3n) is 2.37. The van der Waals surface area contributed by atoms with Gasteiger partial charge in [0.25, 0.3) is 0 Å². The summed E-state index contributed by atoms with van der Waals surface area (Å²) in [5, 5.41) is 0. The summed E-state index contributed by atoms with van der Waals surface area (Å²) in [5.41, 5.74) is -1.41. The molecule has 0 N–H and O–H groups in total. The maximum Gasteiger partial charge on any atom is 1.00 e. The second-order valence-electron chi connectivity index (χ2n) is 5.25. The summed E-state index contributed by atoms with van der Waals surface area (Å²) < 4.78 is 44.2. The van der Waals surface area contributed by atoms with E-state index in [0.29, 0.717) is 3.57 Å². The Bertz CT molecular complexity index is 513. The average molecular weight is 424 g/mol. The van der Waals surface area contributed by atoms with Gasteiger partial charge in [-0.05, 0) is 56.4 Å². The van der Waals surface area contributed by atoms with E-state index in [1.54, 1.807) is 43.4 Å². The van der Waals surface area contributed by atoms with Crippen molar-refractivity contribution in [1.29, 1.82) is 0 Å². The zero-order valence-corrected chi connectivity index (χ0v) is 17.3. The summed E-state index contributed by atoms with van der Waals surface area (Å²) >= 11 is 1.79. The van der Waals surface area contributed by atoms with Crippen molar-refractivity contribution in [3.8, 4) is 0 Å². The van der Waals surface area contributed by atoms with Gasteiger partial charge in [0.15, 0.2) is 0 Å². The maximum atomic E-state index is 12.9. The molecule has 1 rings (SSSR count). The smallest absolute Gasteiger partial charge is 0.456 e. The van der Waals surface area contributed by atoms with E-state index in [1.165, 1.54) is 13.0 Å². The number of rotatable bonds is 2. The van der Waals surface area contributed by atoms with Gasteiger partial charge in [0, 0.05) is 3.57 Å². The van der Waals surface area contributed by atoms with E-state index in [4.69, 9.17) is 4.74 Å². The van der Waals surface area contributed by atoms with Crippen molar-refractivity contribution in [2.75, 3.05) is 0 Å². The summed E-state index contributed by atoms with van der Waals surface area (Å²) in [4.78, 5) is 11.8. The largest absolute Gasteiger partial charge is 1.00 e. The van der Waals surface area contributed by atoms with Gasteiger partial charge in [-0.25, -0.2) is 4.79 Å². The molecule has 0 aliphatic carbocycles. The Morgan fingerprint density at radius 2 is 1.75 bits per heavy atom. The number of benzene rings is 1. The molecule has 0 atom stereocenters. The summed E-state index contributed by atoms with van der Waals surface area (Å²) in [6, 6.07) is 2.28. The topological polar surface area (TPSA) is 26.3 Å². The van der Waals surface area contributed by atoms with Gasteiger partial charge in [-0.15, -0.1) is 5.46 Å². The van der Waals surface area contributed by atoms with Crippen LogP contribution in [-0.4, -0.2) is 18.5 Å². The van der Waals surface area contributed by atoms with Gasteiger partial charge >= 0.3 is 64.3 Å². The van der Waals surface area contributed by atoms with Crippen LogP contribution in [0.2, 0.25) is 0 Å². The Hall–Kier alpha value is 0.911. The maximum absolute atomic E-state index is 12.9. The van der Waals surface area contributed by atoms with Gasteiger partial charge in [-0.3, -0.25) is 0 Å². The fraction of sp³-hybridized carbons (Fsp3) is 0.417. The Labute approximate surface area is 172 Å². The number of carbonyl (C=O) groups excluding carboxylic acids is 1. The van der Waals surface area contributed by atoms with Crippen LogP contribution in [0, 0.1) is 10.5 Å². The second-order valence-corrected chi connectivity index (χ2v) is 6.41. The van der Waals surface area contributed by atoms with Crippen molar-refractivity contribution in [2.45, 2.75) is 33.3 Å². The molecule has 0 unspecified atom stereocenters. The third-order valence-corrected chi connectivity index (χ3v) is 3.49. The number of esters is 1. The second kappa shape index (κ2) is 7.45. The van der Waals surface area contributed by atoms with Gasteiger partial charge < -0.3 is 17.7 Å². The minimum Gasteiger partial charge on any atom is -0.456 e. The molecule has 1 aromatic carbocycles. The van der Waals surface area contributed by atoms with E-state index in [9.17, 15) is 17.7 Å². The first kappa shape index (κ1) is 20.9. The summed E-state index contributed by atoms with van der Waals surface area (Å²) in [6.45, 7) is 1.24. The van der Waals surface area contributed by atoms with E-state index in [2.05, 4.69) is 0 Å². The van der Waals surface area contributed by atoms with Crippen LogP contribution >= 0.6 is 22.6 Å². The predicted octanol–water partition coefficient (Wildman–Crippen LogP) is 0.613. The molecule has 0 bridgehead atoms. The number of hydrogen-bond acceptors (Lipinski definition) is 2. The quantitative estimate of drug-likeness (QED) is 0.396. The molecule has 0 heterocycles. The third kappa shape index (κ3) is 5.96. The van der Waals surface area contributed by atoms with E-state index in [1.807, 2.05) is 0 Å². The van der Waals surface area contributed by atoms with Crippen LogP contribution in [0.25, 0.3) is 0 Å². The fourth-order valence-corrected chi connectivity index (χ4v) is 2.14. The molecule has 0 aliphatic heterocycles. The molecule has 2 nitrogen and oxygen atoms in total. The van der Waals surface area contributed by atoms with Crippen molar-refractivity contribution in [1.82, 2.24) is 0 Å². The monoisotopic (exact) mass is 424 g/mol. The molecule has 0 spiro atoms. The minimum atomic E-state index is -5.15. The summed E-state index contributed by atoms with van der Waals surface area (Å²) in [6.07, 6.45) is 0. The molecule has 0 aliphatic rings. The molecule has 0 aromatic heterocycles. The van der Waals surface area contributed by atoms with Crippen molar-refractivity contribution >= 4 is 41.0 Å². The van der Waals surface area contributed by atoms with Crippen LogP contribution in [0.15, 0.2) is 12.1 Å². The predicted molar refractivity (Wildman–Crippen MR) is 77.8 cm³/mol. The van der Waals surface area contributed by atoms with Gasteiger partial charge in [-0.2, -0.15) is 0 Å². The van der Waals surface area contributed by atoms with E-state index in [-0.39, 0.29) is 62.5 Å². The molecule has 0 fully saturated rings. The van der Waals surface area contributed by atoms with Gasteiger partial charge in [0.05, 0.1) is 5.56 Å². The van der Waals surface area contributed by atoms with Crippen molar-refractivity contribution in [3.63, 3.8) is 0 Å². The van der Waals surface area contributed by atoms with Gasteiger partial charge in [-0.1, -0.05) is 11.6 Å². The standard InChI is InChI=1S/C12H14BF3IO2.K/c1-7-9(13(14,15)16)5-8(6-10(7)17)11(18)19-12(2,3)4;/h5-6H,1-4H3;/q-1;+1. The van der Waals surface area contributed by atoms with Gasteiger partial charge in [0.1, 0.15) is 5.60 Å². The van der Waals surface area contributed by atoms with Crippen molar-refractivity contribution in [3.05, 3.63) is 26.8 Å². The molecule has 0 radical (unpaired) electrons. The zero-order chi connectivity index (χ0) is 15.0. The summed E-state index contributed by atoms with van der Waals surface area (Å²) in [5.74, 6) is -0.744. The molecule has 0 saturated heterocycles. The zero-order valence-electron chi connectivity index (χ0n) is 12.1. The number of hydrogen-bond donors (Lipinski definition) is 0. The first-order valence-electron chi connectivity index (χ1n) is 5.65. The fourth-order valence-electron chi connectivity index (χ4n) is 1.49. The van der Waals surface area contributed by atoms with Crippen LogP contribution < -0.4 is 56.8 Å². The molecule has 1 aromatic rings. The first-order chi connectivity index (χ1) is 8.42. The molecule has 0 amide bonds. The van der Waals surface area contributed by atoms with Crippen LogP contribution in [0.4, 0.5) is 12.9 Å². The Balaban J connectivity index is 0.00000361. The molecule has 8 heteroatoms. The van der Waals surface area contributed by atoms with E-state index < -0.39 is 24.0 Å². The van der Waals surface area contributed by atoms with Crippen LogP contribution in [0.5, 0.6) is 0 Å². The number of halogens is 4. The van der Waals surface area contributed by atoms with Crippen LogP contribution in [0.1, 0.15) is 36.7 Å². The normalized spacial score (nSPS) is 11.8. The molecule has 0 saturated carbocycles. The summed E-state index contributed by atoms with van der Waals surface area (Å²) in [7, 11) is 0. The molecule has 106 valence electrons. The minimum absolute atomic E-state index is 0. The van der Waals surface area contributed by atoms with Crippen molar-refractivity contribution < 1.29 is 73.9 Å². The molecular formula is C12H14BF3IKO2. The Kier molecular flexibility index (Phi) is 7.79. The first-order valence-corrected chi connectivity index (χ1v) is 6.73. The van der Waals surface area contributed by atoms with Crippen LogP contribution in [0.3, 0.4) is 0 Å². The van der Waals surface area contributed by atoms with E-state index in [0.717, 1.165) is 6.07 Å². The van der Waals surface area contributed by atoms with Gasteiger partial charge in [0.2, 0.25) is 0 Å². The van der Waals surface area contributed by atoms with Crippen LogP contribution in [-0.2, 0) is 4.74 Å². The number of carbonyl (C=O) groups is 1. The Morgan fingerprint density at radius 3 is 2.15 bits per heavy atom. The van der Waals surface area contributed by atoms with Crippen molar-refractivity contribution in [2.24, 2.45) is 0 Å². The molecular weight excluding hydrogens is 410 g/mol. The van der Waals surface area contributed by atoms with E-state index >= 15 is 0 Å².